The second-order valence-corrected chi connectivity index (χ2v) is 7.00. The lowest BCUT2D eigenvalue weighted by molar-refractivity contribution is 0.421. The predicted molar refractivity (Wildman–Crippen MR) is 97.2 cm³/mol. The number of aromatic hydroxyl groups is 1. The third-order valence-electron chi connectivity index (χ3n) is 5.21. The summed E-state index contributed by atoms with van der Waals surface area (Å²) in [5.41, 5.74) is 2.81. The Bertz CT molecular complexity index is 639. The number of nitrogens with zero attached hydrogens (tertiary/aromatic N) is 2. The topological polar surface area (TPSA) is 46.0 Å². The van der Waals surface area contributed by atoms with Crippen molar-refractivity contribution in [2.24, 2.45) is 5.92 Å². The molecule has 0 fully saturated rings. The summed E-state index contributed by atoms with van der Waals surface area (Å²) in [5.74, 6) is 1.85. The molecule has 0 aliphatic heterocycles. The smallest absolute Gasteiger partial charge is 0.152 e. The van der Waals surface area contributed by atoms with Gasteiger partial charge in [0, 0.05) is 5.92 Å². The van der Waals surface area contributed by atoms with Crippen LogP contribution in [-0.4, -0.2) is 15.1 Å². The molecule has 0 amide bonds. The first-order valence-corrected chi connectivity index (χ1v) is 9.38. The maximum Gasteiger partial charge on any atom is 0.152 e. The first-order chi connectivity index (χ1) is 11.8. The van der Waals surface area contributed by atoms with Gasteiger partial charge in [0.1, 0.15) is 5.82 Å². The lowest BCUT2D eigenvalue weighted by atomic mass is 9.87. The van der Waals surface area contributed by atoms with Crippen LogP contribution in [0.25, 0.3) is 0 Å². The number of hydrogen-bond acceptors (Lipinski definition) is 3. The SMILES string of the molecule is CCCCCCCCC1Cc2ccccc2C1c1ncc(O)cn1. The van der Waals surface area contributed by atoms with E-state index in [1.807, 2.05) is 0 Å². The van der Waals surface area contributed by atoms with Crippen molar-refractivity contribution in [1.29, 1.82) is 0 Å². The summed E-state index contributed by atoms with van der Waals surface area (Å²) in [4.78, 5) is 8.83. The highest BCUT2D eigenvalue weighted by atomic mass is 16.3. The third kappa shape index (κ3) is 3.95. The fourth-order valence-electron chi connectivity index (χ4n) is 3.98. The molecule has 1 aromatic carbocycles. The summed E-state index contributed by atoms with van der Waals surface area (Å²) in [6.07, 6.45) is 13.4. The molecule has 2 unspecified atom stereocenters. The lowest BCUT2D eigenvalue weighted by Crippen LogP contribution is -2.12. The molecular formula is C21H28N2O. The highest BCUT2D eigenvalue weighted by molar-refractivity contribution is 5.40. The van der Waals surface area contributed by atoms with Gasteiger partial charge in [-0.1, -0.05) is 69.7 Å². The van der Waals surface area contributed by atoms with E-state index in [-0.39, 0.29) is 11.7 Å². The molecule has 128 valence electrons. The van der Waals surface area contributed by atoms with Crippen LogP contribution in [0.15, 0.2) is 36.7 Å². The molecule has 1 aliphatic rings. The summed E-state index contributed by atoms with van der Waals surface area (Å²) in [7, 11) is 0. The van der Waals surface area contributed by atoms with Crippen LogP contribution in [0, 0.1) is 5.92 Å². The molecule has 3 nitrogen and oxygen atoms in total. The van der Waals surface area contributed by atoms with E-state index in [0.29, 0.717) is 5.92 Å². The minimum Gasteiger partial charge on any atom is -0.505 e. The zero-order chi connectivity index (χ0) is 16.8. The molecule has 1 heterocycles. The fraction of sp³-hybridized carbons (Fsp3) is 0.524. The number of aromatic nitrogens is 2. The molecule has 0 saturated carbocycles. The molecule has 2 atom stereocenters. The van der Waals surface area contributed by atoms with Crippen molar-refractivity contribution in [1.82, 2.24) is 9.97 Å². The van der Waals surface area contributed by atoms with Gasteiger partial charge in [0.15, 0.2) is 5.75 Å². The number of rotatable bonds is 8. The Morgan fingerprint density at radius 1 is 1.00 bits per heavy atom. The number of unbranched alkanes of at least 4 members (excludes halogenated alkanes) is 5. The Morgan fingerprint density at radius 2 is 1.71 bits per heavy atom. The minimum absolute atomic E-state index is 0.137. The first kappa shape index (κ1) is 16.9. The van der Waals surface area contributed by atoms with Crippen LogP contribution < -0.4 is 0 Å². The van der Waals surface area contributed by atoms with Crippen LogP contribution in [-0.2, 0) is 6.42 Å². The lowest BCUT2D eigenvalue weighted by Gasteiger charge is -2.19. The predicted octanol–water partition coefficient (Wildman–Crippen LogP) is 5.24. The Kier molecular flexibility index (Phi) is 5.84. The van der Waals surface area contributed by atoms with Crippen LogP contribution in [0.2, 0.25) is 0 Å². The molecule has 3 heteroatoms. The van der Waals surface area contributed by atoms with E-state index in [0.717, 1.165) is 12.2 Å². The molecule has 24 heavy (non-hydrogen) atoms. The van der Waals surface area contributed by atoms with E-state index in [1.54, 1.807) is 0 Å². The Hall–Kier alpha value is -1.90. The van der Waals surface area contributed by atoms with E-state index in [1.165, 1.54) is 68.5 Å². The van der Waals surface area contributed by atoms with E-state index in [9.17, 15) is 5.11 Å². The highest BCUT2D eigenvalue weighted by Gasteiger charge is 2.34. The zero-order valence-electron chi connectivity index (χ0n) is 14.6. The van der Waals surface area contributed by atoms with Crippen LogP contribution in [0.4, 0.5) is 0 Å². The van der Waals surface area contributed by atoms with E-state index in [2.05, 4.69) is 41.2 Å². The first-order valence-electron chi connectivity index (χ1n) is 9.38. The maximum atomic E-state index is 9.48. The molecule has 0 spiro atoms. The van der Waals surface area contributed by atoms with Crippen molar-refractivity contribution in [3.8, 4) is 5.75 Å². The standard InChI is InChI=1S/C21H28N2O/c1-2-3-4-5-6-7-11-17-13-16-10-8-9-12-19(16)20(17)21-22-14-18(24)15-23-21/h8-10,12,14-15,17,20,24H,2-7,11,13H2,1H3. The van der Waals surface area contributed by atoms with Gasteiger partial charge in [0.25, 0.3) is 0 Å². The van der Waals surface area contributed by atoms with Gasteiger partial charge in [0.05, 0.1) is 12.4 Å². The second kappa shape index (κ2) is 8.27. The van der Waals surface area contributed by atoms with Gasteiger partial charge in [-0.15, -0.1) is 0 Å². The molecule has 0 bridgehead atoms. The second-order valence-electron chi connectivity index (χ2n) is 7.00. The minimum atomic E-state index is 0.137. The molecule has 0 radical (unpaired) electrons. The van der Waals surface area contributed by atoms with Crippen molar-refractivity contribution < 1.29 is 5.11 Å². The quantitative estimate of drug-likeness (QED) is 0.676. The Balaban J connectivity index is 1.68. The summed E-state index contributed by atoms with van der Waals surface area (Å²) in [6.45, 7) is 2.26. The van der Waals surface area contributed by atoms with Crippen molar-refractivity contribution >= 4 is 0 Å². The summed E-state index contributed by atoms with van der Waals surface area (Å²) >= 11 is 0. The normalized spacial score (nSPS) is 19.4. The van der Waals surface area contributed by atoms with Gasteiger partial charge >= 0.3 is 0 Å². The molecule has 0 saturated heterocycles. The summed E-state index contributed by atoms with van der Waals surface area (Å²) < 4.78 is 0. The van der Waals surface area contributed by atoms with Crippen LogP contribution in [0.1, 0.15) is 74.7 Å². The summed E-state index contributed by atoms with van der Waals surface area (Å²) in [5, 5.41) is 9.48. The number of fused-ring (bicyclic) bond motifs is 1. The molecule has 1 aromatic heterocycles. The maximum absolute atomic E-state index is 9.48. The van der Waals surface area contributed by atoms with Crippen molar-refractivity contribution in [2.75, 3.05) is 0 Å². The fourth-order valence-corrected chi connectivity index (χ4v) is 3.98. The van der Waals surface area contributed by atoms with Crippen LogP contribution in [0.5, 0.6) is 5.75 Å². The van der Waals surface area contributed by atoms with Gasteiger partial charge in [-0.3, -0.25) is 0 Å². The van der Waals surface area contributed by atoms with Crippen molar-refractivity contribution in [2.45, 2.75) is 64.2 Å². The third-order valence-corrected chi connectivity index (χ3v) is 5.21. The van der Waals surface area contributed by atoms with Gasteiger partial charge < -0.3 is 5.11 Å². The molecule has 1 aliphatic carbocycles. The van der Waals surface area contributed by atoms with Gasteiger partial charge in [-0.05, 0) is 29.9 Å². The van der Waals surface area contributed by atoms with Crippen molar-refractivity contribution in [3.63, 3.8) is 0 Å². The van der Waals surface area contributed by atoms with E-state index >= 15 is 0 Å². The summed E-state index contributed by atoms with van der Waals surface area (Å²) in [6, 6.07) is 8.70. The monoisotopic (exact) mass is 324 g/mol. The average Bonchev–Trinajstić information content (AvgIpc) is 2.97. The molecule has 3 rings (SSSR count). The molecular weight excluding hydrogens is 296 g/mol. The Labute approximate surface area is 145 Å². The molecule has 1 N–H and O–H groups in total. The Morgan fingerprint density at radius 3 is 2.50 bits per heavy atom. The van der Waals surface area contributed by atoms with Gasteiger partial charge in [-0.25, -0.2) is 9.97 Å². The van der Waals surface area contributed by atoms with E-state index < -0.39 is 0 Å². The van der Waals surface area contributed by atoms with Crippen molar-refractivity contribution in [3.05, 3.63) is 53.6 Å². The van der Waals surface area contributed by atoms with Crippen LogP contribution in [0.3, 0.4) is 0 Å². The zero-order valence-corrected chi connectivity index (χ0v) is 14.6. The largest absolute Gasteiger partial charge is 0.505 e. The average molecular weight is 324 g/mol. The molecule has 2 aromatic rings. The van der Waals surface area contributed by atoms with E-state index in [4.69, 9.17) is 0 Å². The van der Waals surface area contributed by atoms with Gasteiger partial charge in [-0.2, -0.15) is 0 Å². The number of benzene rings is 1. The van der Waals surface area contributed by atoms with Gasteiger partial charge in [0.2, 0.25) is 0 Å². The van der Waals surface area contributed by atoms with Crippen LogP contribution >= 0.6 is 0 Å². The highest BCUT2D eigenvalue weighted by Crippen LogP contribution is 2.43. The number of hydrogen-bond donors (Lipinski definition) is 1.